The van der Waals surface area contributed by atoms with Gasteiger partial charge in [-0.2, -0.15) is 0 Å². The van der Waals surface area contributed by atoms with Crippen molar-refractivity contribution < 1.29 is 9.90 Å². The Bertz CT molecular complexity index is 334. The first-order valence-electron chi connectivity index (χ1n) is 5.82. The van der Waals surface area contributed by atoms with Crippen molar-refractivity contribution in [1.82, 2.24) is 10.3 Å². The van der Waals surface area contributed by atoms with Gasteiger partial charge in [0.05, 0.1) is 6.10 Å². The van der Waals surface area contributed by atoms with Crippen LogP contribution in [0.2, 0.25) is 0 Å². The summed E-state index contributed by atoms with van der Waals surface area (Å²) in [4.78, 5) is 15.9. The molecular formula is C11H17N3O2S. The van der Waals surface area contributed by atoms with Crippen LogP contribution in [-0.4, -0.2) is 41.7 Å². The maximum Gasteiger partial charge on any atom is 0.207 e. The SMILES string of the molecule is O=CNC1CCC1.OC1CN(c2nccs2)C1. The summed E-state index contributed by atoms with van der Waals surface area (Å²) in [5.41, 5.74) is 0. The molecule has 1 aliphatic carbocycles. The standard InChI is InChI=1S/C6H8N2OS.C5H9NO/c9-5-3-8(4-5)6-7-1-2-10-6;7-4-6-5-2-1-3-5/h1-2,5,9H,3-4H2;4-5H,1-3H2,(H,6,7). The van der Waals surface area contributed by atoms with Crippen molar-refractivity contribution >= 4 is 22.9 Å². The van der Waals surface area contributed by atoms with E-state index in [2.05, 4.69) is 15.2 Å². The number of hydrogen-bond acceptors (Lipinski definition) is 5. The predicted molar refractivity (Wildman–Crippen MR) is 67.2 cm³/mol. The van der Waals surface area contributed by atoms with E-state index < -0.39 is 0 Å². The van der Waals surface area contributed by atoms with Crippen molar-refractivity contribution in [3.8, 4) is 0 Å². The highest BCUT2D eigenvalue weighted by Crippen LogP contribution is 2.22. The van der Waals surface area contributed by atoms with E-state index in [1.165, 1.54) is 19.3 Å². The van der Waals surface area contributed by atoms with E-state index in [9.17, 15) is 4.79 Å². The fourth-order valence-electron chi connectivity index (χ4n) is 1.65. The molecule has 3 rings (SSSR count). The van der Waals surface area contributed by atoms with Crippen molar-refractivity contribution in [3.05, 3.63) is 11.6 Å². The Balaban J connectivity index is 0.000000136. The van der Waals surface area contributed by atoms with Crippen LogP contribution >= 0.6 is 11.3 Å². The Morgan fingerprint density at radius 1 is 1.53 bits per heavy atom. The lowest BCUT2D eigenvalue weighted by molar-refractivity contribution is -0.110. The lowest BCUT2D eigenvalue weighted by Crippen LogP contribution is -2.50. The third-order valence-corrected chi connectivity index (χ3v) is 3.79. The molecule has 0 unspecified atom stereocenters. The van der Waals surface area contributed by atoms with Crippen molar-refractivity contribution in [3.63, 3.8) is 0 Å². The second-order valence-electron chi connectivity index (χ2n) is 4.29. The molecule has 0 aromatic carbocycles. The molecule has 94 valence electrons. The molecule has 5 nitrogen and oxygen atoms in total. The van der Waals surface area contributed by atoms with Crippen LogP contribution in [-0.2, 0) is 4.79 Å². The summed E-state index contributed by atoms with van der Waals surface area (Å²) in [6.45, 7) is 1.49. The number of aliphatic hydroxyl groups is 1. The number of β-amino-alcohol motifs (C(OH)–C–C–N with tert-alkyl or cyclic N) is 1. The average molecular weight is 255 g/mol. The molecular weight excluding hydrogens is 238 g/mol. The molecule has 2 aliphatic rings. The van der Waals surface area contributed by atoms with Crippen LogP contribution in [0.3, 0.4) is 0 Å². The van der Waals surface area contributed by atoms with Gasteiger partial charge in [-0.3, -0.25) is 4.79 Å². The van der Waals surface area contributed by atoms with Crippen molar-refractivity contribution in [2.24, 2.45) is 0 Å². The largest absolute Gasteiger partial charge is 0.389 e. The molecule has 1 amide bonds. The van der Waals surface area contributed by atoms with Crippen molar-refractivity contribution in [2.75, 3.05) is 18.0 Å². The van der Waals surface area contributed by atoms with Crippen molar-refractivity contribution in [2.45, 2.75) is 31.4 Å². The number of carbonyl (C=O) groups is 1. The van der Waals surface area contributed by atoms with Gasteiger partial charge in [0.2, 0.25) is 6.41 Å². The van der Waals surface area contributed by atoms with Crippen LogP contribution in [0.25, 0.3) is 0 Å². The van der Waals surface area contributed by atoms with E-state index in [0.29, 0.717) is 6.04 Å². The first-order valence-corrected chi connectivity index (χ1v) is 6.69. The summed E-state index contributed by atoms with van der Waals surface area (Å²) in [7, 11) is 0. The maximum atomic E-state index is 9.70. The molecule has 2 heterocycles. The second-order valence-corrected chi connectivity index (χ2v) is 5.16. The summed E-state index contributed by atoms with van der Waals surface area (Å²) < 4.78 is 0. The minimum Gasteiger partial charge on any atom is -0.389 e. The smallest absolute Gasteiger partial charge is 0.207 e. The Labute approximate surface area is 104 Å². The molecule has 0 bridgehead atoms. The second kappa shape index (κ2) is 5.97. The van der Waals surface area contributed by atoms with Gasteiger partial charge in [-0.15, -0.1) is 11.3 Å². The molecule has 1 aromatic rings. The molecule has 6 heteroatoms. The number of thiazole rings is 1. The van der Waals surface area contributed by atoms with Crippen LogP contribution < -0.4 is 10.2 Å². The number of nitrogens with zero attached hydrogens (tertiary/aromatic N) is 2. The van der Waals surface area contributed by atoms with E-state index >= 15 is 0 Å². The number of anilines is 1. The third-order valence-electron chi connectivity index (χ3n) is 2.96. The molecule has 1 aliphatic heterocycles. The zero-order valence-corrected chi connectivity index (χ0v) is 10.4. The van der Waals surface area contributed by atoms with Gasteiger partial charge >= 0.3 is 0 Å². The molecule has 2 fully saturated rings. The monoisotopic (exact) mass is 255 g/mol. The lowest BCUT2D eigenvalue weighted by atomic mass is 9.94. The minimum atomic E-state index is -0.135. The summed E-state index contributed by atoms with van der Waals surface area (Å²) in [5, 5.41) is 14.6. The summed E-state index contributed by atoms with van der Waals surface area (Å²) in [5.74, 6) is 0. The molecule has 0 radical (unpaired) electrons. The maximum absolute atomic E-state index is 9.70. The fraction of sp³-hybridized carbons (Fsp3) is 0.636. The van der Waals surface area contributed by atoms with Gasteiger partial charge in [-0.25, -0.2) is 4.98 Å². The van der Waals surface area contributed by atoms with E-state index in [4.69, 9.17) is 5.11 Å². The van der Waals surface area contributed by atoms with Crippen LogP contribution in [0.4, 0.5) is 5.13 Å². The van der Waals surface area contributed by atoms with Crippen LogP contribution in [0, 0.1) is 0 Å². The Hall–Kier alpha value is -1.14. The normalized spacial score (nSPS) is 19.7. The quantitative estimate of drug-likeness (QED) is 0.777. The van der Waals surface area contributed by atoms with Gasteiger partial charge < -0.3 is 15.3 Å². The number of carbonyl (C=O) groups excluding carboxylic acids is 1. The molecule has 2 N–H and O–H groups in total. The summed E-state index contributed by atoms with van der Waals surface area (Å²) >= 11 is 1.61. The van der Waals surface area contributed by atoms with Gasteiger partial charge in [0.15, 0.2) is 5.13 Å². The number of amides is 1. The van der Waals surface area contributed by atoms with E-state index in [1.54, 1.807) is 17.5 Å². The molecule has 0 atom stereocenters. The van der Waals surface area contributed by atoms with Crippen LogP contribution in [0.5, 0.6) is 0 Å². The Kier molecular flexibility index (Phi) is 4.33. The summed E-state index contributed by atoms with van der Waals surface area (Å²) in [6, 6.07) is 0.512. The first kappa shape index (κ1) is 12.3. The number of hydrogen-bond donors (Lipinski definition) is 2. The van der Waals surface area contributed by atoms with E-state index in [0.717, 1.165) is 24.6 Å². The highest BCUT2D eigenvalue weighted by atomic mass is 32.1. The molecule has 1 saturated heterocycles. The highest BCUT2D eigenvalue weighted by Gasteiger charge is 2.25. The van der Waals surface area contributed by atoms with Gasteiger partial charge in [-0.1, -0.05) is 0 Å². The van der Waals surface area contributed by atoms with Crippen LogP contribution in [0.1, 0.15) is 19.3 Å². The number of aromatic nitrogens is 1. The van der Waals surface area contributed by atoms with Crippen LogP contribution in [0.15, 0.2) is 11.6 Å². The van der Waals surface area contributed by atoms with Gasteiger partial charge in [0.25, 0.3) is 0 Å². The van der Waals surface area contributed by atoms with Gasteiger partial charge in [0, 0.05) is 30.7 Å². The Morgan fingerprint density at radius 3 is 2.65 bits per heavy atom. The zero-order valence-electron chi connectivity index (χ0n) is 9.58. The highest BCUT2D eigenvalue weighted by molar-refractivity contribution is 7.13. The predicted octanol–water partition coefficient (Wildman–Crippen LogP) is 0.609. The van der Waals surface area contributed by atoms with E-state index in [-0.39, 0.29) is 6.10 Å². The minimum absolute atomic E-state index is 0.135. The number of nitrogens with one attached hydrogen (secondary N) is 1. The Morgan fingerprint density at radius 2 is 2.29 bits per heavy atom. The van der Waals surface area contributed by atoms with Gasteiger partial charge in [0.1, 0.15) is 0 Å². The van der Waals surface area contributed by atoms with Gasteiger partial charge in [-0.05, 0) is 19.3 Å². The lowest BCUT2D eigenvalue weighted by Gasteiger charge is -2.35. The summed E-state index contributed by atoms with van der Waals surface area (Å²) in [6.07, 6.45) is 6.07. The molecule has 0 spiro atoms. The third kappa shape index (κ3) is 3.41. The number of aliphatic hydroxyl groups excluding tert-OH is 1. The number of rotatable bonds is 3. The van der Waals surface area contributed by atoms with Crippen molar-refractivity contribution in [1.29, 1.82) is 0 Å². The average Bonchev–Trinajstić information content (AvgIpc) is 2.73. The molecule has 1 aromatic heterocycles. The first-order chi connectivity index (χ1) is 8.29. The van der Waals surface area contributed by atoms with E-state index in [1.807, 2.05) is 5.38 Å². The molecule has 17 heavy (non-hydrogen) atoms. The molecule has 1 saturated carbocycles. The zero-order chi connectivity index (χ0) is 12.1. The topological polar surface area (TPSA) is 65.5 Å². The fourth-order valence-corrected chi connectivity index (χ4v) is 2.32.